The van der Waals surface area contributed by atoms with Crippen molar-refractivity contribution in [3.05, 3.63) is 0 Å². The Bertz CT molecular complexity index is 354. The highest BCUT2D eigenvalue weighted by atomic mass is 32.2. The van der Waals surface area contributed by atoms with Crippen LogP contribution in [-0.4, -0.2) is 57.4 Å². The van der Waals surface area contributed by atoms with Gasteiger partial charge in [-0.3, -0.25) is 4.79 Å². The highest BCUT2D eigenvalue weighted by molar-refractivity contribution is 7.90. The van der Waals surface area contributed by atoms with Crippen molar-refractivity contribution < 1.29 is 13.2 Å². The van der Waals surface area contributed by atoms with Gasteiger partial charge in [0.1, 0.15) is 9.84 Å². The Balaban J connectivity index is 2.12. The molecule has 1 amide bonds. The second-order valence-corrected chi connectivity index (χ2v) is 7.05. The van der Waals surface area contributed by atoms with Gasteiger partial charge in [0.2, 0.25) is 5.91 Å². The Morgan fingerprint density at radius 3 is 2.71 bits per heavy atom. The summed E-state index contributed by atoms with van der Waals surface area (Å²) in [5, 5.41) is 2.77. The average molecular weight is 262 g/mol. The molecule has 1 fully saturated rings. The van der Waals surface area contributed by atoms with Crippen LogP contribution in [0.25, 0.3) is 0 Å². The van der Waals surface area contributed by atoms with Gasteiger partial charge in [-0.25, -0.2) is 8.42 Å². The summed E-state index contributed by atoms with van der Waals surface area (Å²) in [5.41, 5.74) is 0. The normalized spacial score (nSPS) is 21.6. The first-order valence-electron chi connectivity index (χ1n) is 6.03. The van der Waals surface area contributed by atoms with E-state index in [1.807, 2.05) is 0 Å². The summed E-state index contributed by atoms with van der Waals surface area (Å²) in [5.74, 6) is -0.238. The first kappa shape index (κ1) is 14.4. The van der Waals surface area contributed by atoms with E-state index in [0.29, 0.717) is 12.6 Å². The van der Waals surface area contributed by atoms with Gasteiger partial charge in [-0.2, -0.15) is 0 Å². The molecule has 1 heterocycles. The highest BCUT2D eigenvalue weighted by Crippen LogP contribution is 2.16. The Kier molecular flexibility index (Phi) is 5.39. The standard InChI is InChI=1S/C11H22N2O3S/c1-13-8-3-4-10(13)5-7-12-11(14)6-9-17(2,15)16/h10H,3-9H2,1-2H3,(H,12,14). The van der Waals surface area contributed by atoms with E-state index in [2.05, 4.69) is 17.3 Å². The monoisotopic (exact) mass is 262 g/mol. The number of hydrogen-bond acceptors (Lipinski definition) is 4. The quantitative estimate of drug-likeness (QED) is 0.733. The molecule has 0 aliphatic carbocycles. The Hall–Kier alpha value is -0.620. The number of rotatable bonds is 6. The number of hydrogen-bond donors (Lipinski definition) is 1. The Morgan fingerprint density at radius 1 is 1.47 bits per heavy atom. The van der Waals surface area contributed by atoms with E-state index in [0.717, 1.165) is 19.2 Å². The van der Waals surface area contributed by atoms with Crippen LogP contribution >= 0.6 is 0 Å². The highest BCUT2D eigenvalue weighted by Gasteiger charge is 2.20. The average Bonchev–Trinajstić information content (AvgIpc) is 2.61. The van der Waals surface area contributed by atoms with Crippen LogP contribution in [0, 0.1) is 0 Å². The molecule has 0 radical (unpaired) electrons. The molecule has 1 atom stereocenters. The molecule has 0 bridgehead atoms. The minimum atomic E-state index is -3.04. The van der Waals surface area contributed by atoms with E-state index in [-0.39, 0.29) is 18.1 Å². The number of amides is 1. The predicted octanol–water partition coefficient (Wildman–Crippen LogP) is 0.0216. The van der Waals surface area contributed by atoms with Gasteiger partial charge in [0.25, 0.3) is 0 Å². The van der Waals surface area contributed by atoms with Crippen molar-refractivity contribution in [1.29, 1.82) is 0 Å². The maximum Gasteiger partial charge on any atom is 0.221 e. The van der Waals surface area contributed by atoms with Crippen LogP contribution in [0.4, 0.5) is 0 Å². The number of nitrogens with zero attached hydrogens (tertiary/aromatic N) is 1. The predicted molar refractivity (Wildman–Crippen MR) is 67.6 cm³/mol. The molecule has 100 valence electrons. The molecule has 1 aliphatic heterocycles. The molecule has 6 heteroatoms. The van der Waals surface area contributed by atoms with Gasteiger partial charge in [0, 0.05) is 25.3 Å². The summed E-state index contributed by atoms with van der Waals surface area (Å²) >= 11 is 0. The molecule has 17 heavy (non-hydrogen) atoms. The fraction of sp³-hybridized carbons (Fsp3) is 0.909. The smallest absolute Gasteiger partial charge is 0.221 e. The van der Waals surface area contributed by atoms with Gasteiger partial charge < -0.3 is 10.2 Å². The number of likely N-dealkylation sites (tertiary alicyclic amines) is 1. The lowest BCUT2D eigenvalue weighted by Gasteiger charge is -2.19. The molecule has 0 aromatic heterocycles. The molecular weight excluding hydrogens is 240 g/mol. The fourth-order valence-corrected chi connectivity index (χ4v) is 2.64. The second-order valence-electron chi connectivity index (χ2n) is 4.80. The topological polar surface area (TPSA) is 66.5 Å². The molecule has 0 saturated carbocycles. The first-order valence-corrected chi connectivity index (χ1v) is 8.09. The molecule has 0 aromatic rings. The van der Waals surface area contributed by atoms with Crippen molar-refractivity contribution >= 4 is 15.7 Å². The van der Waals surface area contributed by atoms with Crippen molar-refractivity contribution in [2.75, 3.05) is 32.1 Å². The lowest BCUT2D eigenvalue weighted by atomic mass is 10.1. The van der Waals surface area contributed by atoms with Crippen molar-refractivity contribution in [3.8, 4) is 0 Å². The van der Waals surface area contributed by atoms with Crippen LogP contribution < -0.4 is 5.32 Å². The summed E-state index contributed by atoms with van der Waals surface area (Å²) in [6.45, 7) is 1.77. The lowest BCUT2D eigenvalue weighted by Crippen LogP contribution is -2.32. The largest absolute Gasteiger partial charge is 0.356 e. The third-order valence-electron chi connectivity index (χ3n) is 3.17. The summed E-state index contributed by atoms with van der Waals surface area (Å²) < 4.78 is 21.7. The number of carbonyl (C=O) groups is 1. The van der Waals surface area contributed by atoms with Crippen LogP contribution in [0.1, 0.15) is 25.7 Å². The third-order valence-corrected chi connectivity index (χ3v) is 4.12. The van der Waals surface area contributed by atoms with Gasteiger partial charge >= 0.3 is 0 Å². The van der Waals surface area contributed by atoms with E-state index >= 15 is 0 Å². The molecule has 0 aromatic carbocycles. The number of nitrogens with one attached hydrogen (secondary N) is 1. The second kappa shape index (κ2) is 6.35. The van der Waals surface area contributed by atoms with Crippen LogP contribution in [0.2, 0.25) is 0 Å². The molecular formula is C11H22N2O3S. The first-order chi connectivity index (χ1) is 7.88. The molecule has 1 saturated heterocycles. The maximum absolute atomic E-state index is 11.4. The van der Waals surface area contributed by atoms with E-state index in [4.69, 9.17) is 0 Å². The molecule has 1 aliphatic rings. The van der Waals surface area contributed by atoms with Crippen LogP contribution in [0.15, 0.2) is 0 Å². The zero-order valence-corrected chi connectivity index (χ0v) is 11.4. The summed E-state index contributed by atoms with van der Waals surface area (Å²) in [4.78, 5) is 13.7. The maximum atomic E-state index is 11.4. The van der Waals surface area contributed by atoms with Gasteiger partial charge in [-0.1, -0.05) is 0 Å². The van der Waals surface area contributed by atoms with Crippen molar-refractivity contribution in [1.82, 2.24) is 10.2 Å². The van der Waals surface area contributed by atoms with E-state index in [9.17, 15) is 13.2 Å². The van der Waals surface area contributed by atoms with E-state index in [1.54, 1.807) is 0 Å². The molecule has 1 N–H and O–H groups in total. The minimum absolute atomic E-state index is 0.0673. The van der Waals surface area contributed by atoms with Gasteiger partial charge in [0.05, 0.1) is 5.75 Å². The number of carbonyl (C=O) groups excluding carboxylic acids is 1. The van der Waals surface area contributed by atoms with Crippen LogP contribution in [0.5, 0.6) is 0 Å². The van der Waals surface area contributed by atoms with Crippen molar-refractivity contribution in [2.45, 2.75) is 31.7 Å². The Labute approximate surface area is 103 Å². The van der Waals surface area contributed by atoms with Gasteiger partial charge in [0.15, 0.2) is 0 Å². The summed E-state index contributed by atoms with van der Waals surface area (Å²) in [6.07, 6.45) is 4.58. The van der Waals surface area contributed by atoms with Crippen LogP contribution in [-0.2, 0) is 14.6 Å². The van der Waals surface area contributed by atoms with Crippen molar-refractivity contribution in [3.63, 3.8) is 0 Å². The van der Waals surface area contributed by atoms with Gasteiger partial charge in [-0.05, 0) is 32.9 Å². The zero-order chi connectivity index (χ0) is 12.9. The Morgan fingerprint density at radius 2 is 2.18 bits per heavy atom. The van der Waals surface area contributed by atoms with Crippen LogP contribution in [0.3, 0.4) is 0 Å². The SMILES string of the molecule is CN1CCCC1CCNC(=O)CCS(C)(=O)=O. The summed E-state index contributed by atoms with van der Waals surface area (Å²) in [7, 11) is -0.937. The van der Waals surface area contributed by atoms with Crippen molar-refractivity contribution in [2.24, 2.45) is 0 Å². The third kappa shape index (κ3) is 6.02. The molecule has 1 rings (SSSR count). The molecule has 1 unspecified atom stereocenters. The minimum Gasteiger partial charge on any atom is -0.356 e. The van der Waals surface area contributed by atoms with E-state index < -0.39 is 9.84 Å². The fourth-order valence-electron chi connectivity index (χ4n) is 2.09. The van der Waals surface area contributed by atoms with Gasteiger partial charge in [-0.15, -0.1) is 0 Å². The van der Waals surface area contributed by atoms with E-state index in [1.165, 1.54) is 12.8 Å². The molecule has 5 nitrogen and oxygen atoms in total. The number of sulfone groups is 1. The summed E-state index contributed by atoms with van der Waals surface area (Å²) in [6, 6.07) is 0.560. The zero-order valence-electron chi connectivity index (χ0n) is 10.6. The molecule has 0 spiro atoms. The lowest BCUT2D eigenvalue weighted by molar-refractivity contribution is -0.120.